The third-order valence-electron chi connectivity index (χ3n) is 6.18. The second-order valence-corrected chi connectivity index (χ2v) is 7.89. The Hall–Kier alpha value is -1.71. The Morgan fingerprint density at radius 1 is 1.33 bits per heavy atom. The minimum absolute atomic E-state index is 0.322. The molecule has 3 atom stereocenters. The van der Waals surface area contributed by atoms with Gasteiger partial charge in [-0.2, -0.15) is 5.10 Å². The number of nitrogens with one attached hydrogen (secondary N) is 2. The van der Waals surface area contributed by atoms with Gasteiger partial charge in [-0.05, 0) is 48.1 Å². The van der Waals surface area contributed by atoms with Crippen molar-refractivity contribution in [2.24, 2.45) is 16.7 Å². The predicted octanol–water partition coefficient (Wildman–Crippen LogP) is 3.77. The maximum atomic E-state index is 6.25. The number of nitrogens with zero attached hydrogens (tertiary/aromatic N) is 1. The van der Waals surface area contributed by atoms with Crippen molar-refractivity contribution in [1.82, 2.24) is 10.2 Å². The summed E-state index contributed by atoms with van der Waals surface area (Å²) >= 11 is 0. The zero-order chi connectivity index (χ0) is 14.8. The Labute approximate surface area is 125 Å². The molecular weight excluding hydrogens is 260 g/mol. The first-order valence-electron chi connectivity index (χ1n) is 7.89. The molecule has 0 radical (unpaired) electrons. The maximum Gasteiger partial charge on any atom is 0.0672 e. The van der Waals surface area contributed by atoms with E-state index in [0.717, 1.165) is 28.2 Å². The molecule has 0 spiro atoms. The molecule has 0 amide bonds. The Morgan fingerprint density at radius 2 is 2.14 bits per heavy atom. The van der Waals surface area contributed by atoms with Crippen LogP contribution in [0.15, 0.2) is 18.3 Å². The van der Waals surface area contributed by atoms with E-state index >= 15 is 0 Å². The molecule has 1 aromatic carbocycles. The molecule has 4 nitrogen and oxygen atoms in total. The Kier molecular flexibility index (Phi) is 2.43. The predicted molar refractivity (Wildman–Crippen MR) is 87.1 cm³/mol. The standard InChI is InChI=1S/C17H24N4/c1-16(2)11-4-5-17(3,8-11)15(16)20-14-7-13-10(6-12(14)18)9-19-21-13/h6-7,9,11,15,20H,4-5,8,18H2,1-3H3,(H,19,21). The zero-order valence-corrected chi connectivity index (χ0v) is 13.0. The molecule has 4 N–H and O–H groups in total. The van der Waals surface area contributed by atoms with E-state index in [4.69, 9.17) is 5.73 Å². The van der Waals surface area contributed by atoms with Crippen molar-refractivity contribution in [3.05, 3.63) is 18.3 Å². The van der Waals surface area contributed by atoms with E-state index in [0.29, 0.717) is 16.9 Å². The minimum Gasteiger partial charge on any atom is -0.397 e. The van der Waals surface area contributed by atoms with Crippen molar-refractivity contribution in [2.45, 2.75) is 46.1 Å². The molecule has 2 saturated carbocycles. The third kappa shape index (κ3) is 1.71. The highest BCUT2D eigenvalue weighted by Crippen LogP contribution is 2.63. The second kappa shape index (κ2) is 3.93. The van der Waals surface area contributed by atoms with Crippen molar-refractivity contribution in [2.75, 3.05) is 11.1 Å². The van der Waals surface area contributed by atoms with Gasteiger partial charge in [0.15, 0.2) is 0 Å². The highest BCUT2D eigenvalue weighted by molar-refractivity contribution is 5.88. The van der Waals surface area contributed by atoms with Gasteiger partial charge in [-0.3, -0.25) is 5.10 Å². The molecule has 4 heteroatoms. The summed E-state index contributed by atoms with van der Waals surface area (Å²) in [4.78, 5) is 0. The summed E-state index contributed by atoms with van der Waals surface area (Å²) in [6.07, 6.45) is 5.85. The fourth-order valence-corrected chi connectivity index (χ4v) is 4.95. The van der Waals surface area contributed by atoms with Crippen molar-refractivity contribution in [3.63, 3.8) is 0 Å². The van der Waals surface area contributed by atoms with Gasteiger partial charge in [-0.1, -0.05) is 20.8 Å². The van der Waals surface area contributed by atoms with E-state index in [1.54, 1.807) is 0 Å². The number of nitrogens with two attached hydrogens (primary N) is 1. The summed E-state index contributed by atoms with van der Waals surface area (Å²) in [5.41, 5.74) is 9.86. The number of fused-ring (bicyclic) bond motifs is 3. The number of hydrogen-bond donors (Lipinski definition) is 3. The van der Waals surface area contributed by atoms with Gasteiger partial charge in [0.2, 0.25) is 0 Å². The molecular formula is C17H24N4. The zero-order valence-electron chi connectivity index (χ0n) is 13.0. The lowest BCUT2D eigenvalue weighted by molar-refractivity contribution is 0.155. The molecule has 0 saturated heterocycles. The first kappa shape index (κ1) is 13.0. The molecule has 2 fully saturated rings. The molecule has 2 bridgehead atoms. The molecule has 1 aromatic heterocycles. The normalized spacial score (nSPS) is 33.7. The number of aromatic amines is 1. The summed E-state index contributed by atoms with van der Waals surface area (Å²) in [6.45, 7) is 7.25. The van der Waals surface area contributed by atoms with E-state index in [1.807, 2.05) is 12.3 Å². The van der Waals surface area contributed by atoms with E-state index < -0.39 is 0 Å². The monoisotopic (exact) mass is 284 g/mol. The summed E-state index contributed by atoms with van der Waals surface area (Å²) in [5, 5.41) is 12.0. The molecule has 2 aromatic rings. The van der Waals surface area contributed by atoms with Gasteiger partial charge in [-0.25, -0.2) is 0 Å². The average molecular weight is 284 g/mol. The number of anilines is 2. The summed E-state index contributed by atoms with van der Waals surface area (Å²) in [5.74, 6) is 0.831. The molecule has 0 aliphatic heterocycles. The maximum absolute atomic E-state index is 6.25. The van der Waals surface area contributed by atoms with E-state index in [1.165, 1.54) is 19.3 Å². The van der Waals surface area contributed by atoms with Crippen LogP contribution < -0.4 is 11.1 Å². The van der Waals surface area contributed by atoms with E-state index in [9.17, 15) is 0 Å². The highest BCUT2D eigenvalue weighted by atomic mass is 15.1. The second-order valence-electron chi connectivity index (χ2n) is 7.89. The molecule has 4 rings (SSSR count). The van der Waals surface area contributed by atoms with Gasteiger partial charge < -0.3 is 11.1 Å². The van der Waals surface area contributed by atoms with Crippen molar-refractivity contribution in [3.8, 4) is 0 Å². The number of H-pyrrole nitrogens is 1. The van der Waals surface area contributed by atoms with Gasteiger partial charge >= 0.3 is 0 Å². The lowest BCUT2D eigenvalue weighted by Crippen LogP contribution is -2.45. The van der Waals surface area contributed by atoms with Crippen LogP contribution in [0.2, 0.25) is 0 Å². The van der Waals surface area contributed by atoms with E-state index in [2.05, 4.69) is 42.4 Å². The topological polar surface area (TPSA) is 66.7 Å². The smallest absolute Gasteiger partial charge is 0.0672 e. The number of rotatable bonds is 2. The van der Waals surface area contributed by atoms with E-state index in [-0.39, 0.29) is 0 Å². The Balaban J connectivity index is 1.72. The molecule has 2 aliphatic rings. The number of hydrogen-bond acceptors (Lipinski definition) is 3. The van der Waals surface area contributed by atoms with Crippen molar-refractivity contribution < 1.29 is 0 Å². The Bertz CT molecular complexity index is 697. The minimum atomic E-state index is 0.322. The number of nitrogen functional groups attached to an aromatic ring is 1. The first-order valence-corrected chi connectivity index (χ1v) is 7.89. The van der Waals surface area contributed by atoms with Crippen LogP contribution in [0.5, 0.6) is 0 Å². The van der Waals surface area contributed by atoms with Crippen LogP contribution in [0.3, 0.4) is 0 Å². The van der Waals surface area contributed by atoms with Crippen LogP contribution in [0.1, 0.15) is 40.0 Å². The largest absolute Gasteiger partial charge is 0.397 e. The lowest BCUT2D eigenvalue weighted by atomic mass is 9.68. The molecule has 21 heavy (non-hydrogen) atoms. The fraction of sp³-hybridized carbons (Fsp3) is 0.588. The van der Waals surface area contributed by atoms with Gasteiger partial charge in [0.25, 0.3) is 0 Å². The number of benzene rings is 1. The van der Waals surface area contributed by atoms with Crippen LogP contribution in [0.4, 0.5) is 11.4 Å². The fourth-order valence-electron chi connectivity index (χ4n) is 4.95. The van der Waals surface area contributed by atoms with Crippen LogP contribution >= 0.6 is 0 Å². The quantitative estimate of drug-likeness (QED) is 0.735. The van der Waals surface area contributed by atoms with Gasteiger partial charge in [0, 0.05) is 11.4 Å². The number of aromatic nitrogens is 2. The van der Waals surface area contributed by atoms with Crippen LogP contribution in [0.25, 0.3) is 10.9 Å². The first-order chi connectivity index (χ1) is 9.90. The van der Waals surface area contributed by atoms with Crippen LogP contribution in [0, 0.1) is 16.7 Å². The summed E-state index contributed by atoms with van der Waals surface area (Å²) < 4.78 is 0. The summed E-state index contributed by atoms with van der Waals surface area (Å²) in [7, 11) is 0. The summed E-state index contributed by atoms with van der Waals surface area (Å²) in [6, 6.07) is 4.58. The van der Waals surface area contributed by atoms with Gasteiger partial charge in [0.1, 0.15) is 0 Å². The SMILES string of the molecule is CC12CCC(C1)C(C)(C)C2Nc1cc2[nH]ncc2cc1N. The lowest BCUT2D eigenvalue weighted by Gasteiger charge is -2.43. The third-order valence-corrected chi connectivity index (χ3v) is 6.18. The van der Waals surface area contributed by atoms with Crippen LogP contribution in [-0.4, -0.2) is 16.2 Å². The molecule has 2 aliphatic carbocycles. The average Bonchev–Trinajstić information content (AvgIpc) is 3.05. The molecule has 1 heterocycles. The van der Waals surface area contributed by atoms with Crippen LogP contribution in [-0.2, 0) is 0 Å². The molecule has 3 unspecified atom stereocenters. The van der Waals surface area contributed by atoms with Crippen molar-refractivity contribution in [1.29, 1.82) is 0 Å². The Morgan fingerprint density at radius 3 is 2.86 bits per heavy atom. The van der Waals surface area contributed by atoms with Gasteiger partial charge in [0.05, 0.1) is 23.1 Å². The molecule has 112 valence electrons. The van der Waals surface area contributed by atoms with Gasteiger partial charge in [-0.15, -0.1) is 0 Å². The van der Waals surface area contributed by atoms with Crippen molar-refractivity contribution >= 4 is 22.3 Å². The highest BCUT2D eigenvalue weighted by Gasteiger charge is 2.59.